The second-order valence-corrected chi connectivity index (χ2v) is 3.89. The van der Waals surface area contributed by atoms with E-state index in [0.29, 0.717) is 0 Å². The van der Waals surface area contributed by atoms with E-state index in [4.69, 9.17) is 0 Å². The molecule has 108 valence electrons. The summed E-state index contributed by atoms with van der Waals surface area (Å²) in [6.07, 6.45) is -4.72. The van der Waals surface area contributed by atoms with Gasteiger partial charge in [0.2, 0.25) is 0 Å². The molecule has 7 heteroatoms. The summed E-state index contributed by atoms with van der Waals surface area (Å²) in [5.41, 5.74) is -0.686. The third-order valence-electron chi connectivity index (χ3n) is 2.38. The fraction of sp³-hybridized carbons (Fsp3) is 0.231. The fourth-order valence-electron chi connectivity index (χ4n) is 1.29. The standard InChI is InChI=1S/C13H12F3NO3/c1-8(7-11(18)20-2)12(19)17-10-5-3-9(4-6-10)13(14,15)16/h3-6H,1,7H2,2H3,(H,17,19). The highest BCUT2D eigenvalue weighted by Gasteiger charge is 2.30. The Balaban J connectivity index is 2.67. The molecular formula is C13H12F3NO3. The van der Waals surface area contributed by atoms with Gasteiger partial charge in [0, 0.05) is 11.3 Å². The number of carbonyl (C=O) groups is 2. The number of amides is 1. The molecule has 0 radical (unpaired) electrons. The Morgan fingerprint density at radius 2 is 1.80 bits per heavy atom. The lowest BCUT2D eigenvalue weighted by Crippen LogP contribution is -2.16. The Bertz CT molecular complexity index is 521. The molecule has 1 amide bonds. The number of ether oxygens (including phenoxy) is 1. The molecule has 0 saturated heterocycles. The number of esters is 1. The summed E-state index contributed by atoms with van der Waals surface area (Å²) in [5, 5.41) is 2.34. The van der Waals surface area contributed by atoms with Gasteiger partial charge in [-0.2, -0.15) is 13.2 Å². The summed E-state index contributed by atoms with van der Waals surface area (Å²) in [6.45, 7) is 3.40. The molecule has 1 rings (SSSR count). The van der Waals surface area contributed by atoms with E-state index in [1.807, 2.05) is 0 Å². The summed E-state index contributed by atoms with van der Waals surface area (Å²) < 4.78 is 41.4. The summed E-state index contributed by atoms with van der Waals surface area (Å²) in [7, 11) is 1.17. The zero-order valence-electron chi connectivity index (χ0n) is 10.6. The molecule has 4 nitrogen and oxygen atoms in total. The Labute approximate surface area is 113 Å². The smallest absolute Gasteiger partial charge is 0.416 e. The summed E-state index contributed by atoms with van der Waals surface area (Å²) >= 11 is 0. The Kier molecular flexibility index (Phi) is 4.90. The van der Waals surface area contributed by atoms with Crippen molar-refractivity contribution in [2.24, 2.45) is 0 Å². The molecule has 0 aliphatic rings. The number of carbonyl (C=O) groups excluding carboxylic acids is 2. The normalized spacial score (nSPS) is 10.8. The van der Waals surface area contributed by atoms with E-state index in [1.54, 1.807) is 0 Å². The Morgan fingerprint density at radius 3 is 2.25 bits per heavy atom. The molecule has 0 fully saturated rings. The highest BCUT2D eigenvalue weighted by Crippen LogP contribution is 2.29. The van der Waals surface area contributed by atoms with Crippen LogP contribution in [0.25, 0.3) is 0 Å². The van der Waals surface area contributed by atoms with Crippen molar-refractivity contribution in [1.82, 2.24) is 0 Å². The predicted octanol–water partition coefficient (Wildman–Crippen LogP) is 2.76. The zero-order valence-corrected chi connectivity index (χ0v) is 10.6. The molecule has 0 atom stereocenters. The molecule has 0 bridgehead atoms. The number of benzene rings is 1. The zero-order chi connectivity index (χ0) is 15.3. The minimum Gasteiger partial charge on any atom is -0.469 e. The van der Waals surface area contributed by atoms with E-state index in [0.717, 1.165) is 24.3 Å². The van der Waals surface area contributed by atoms with Crippen LogP contribution in [-0.4, -0.2) is 19.0 Å². The average Bonchev–Trinajstić information content (AvgIpc) is 2.38. The number of methoxy groups -OCH3 is 1. The van der Waals surface area contributed by atoms with Gasteiger partial charge in [0.05, 0.1) is 19.1 Å². The molecule has 0 heterocycles. The van der Waals surface area contributed by atoms with Crippen LogP contribution in [0, 0.1) is 0 Å². The summed E-state index contributed by atoms with van der Waals surface area (Å²) in [6, 6.07) is 3.93. The van der Waals surface area contributed by atoms with Crippen LogP contribution in [0.4, 0.5) is 18.9 Å². The predicted molar refractivity (Wildman–Crippen MR) is 65.8 cm³/mol. The van der Waals surface area contributed by atoms with E-state index in [1.165, 1.54) is 7.11 Å². The first kappa shape index (κ1) is 15.7. The van der Waals surface area contributed by atoms with Crippen LogP contribution in [-0.2, 0) is 20.5 Å². The van der Waals surface area contributed by atoms with Gasteiger partial charge in [0.1, 0.15) is 0 Å². The third-order valence-corrected chi connectivity index (χ3v) is 2.38. The Morgan fingerprint density at radius 1 is 1.25 bits per heavy atom. The largest absolute Gasteiger partial charge is 0.469 e. The molecule has 0 aromatic heterocycles. The van der Waals surface area contributed by atoms with Gasteiger partial charge in [0.25, 0.3) is 5.91 Å². The number of hydrogen-bond acceptors (Lipinski definition) is 3. The van der Waals surface area contributed by atoms with E-state index in [-0.39, 0.29) is 17.7 Å². The van der Waals surface area contributed by atoms with E-state index >= 15 is 0 Å². The lowest BCUT2D eigenvalue weighted by molar-refractivity contribution is -0.140. The van der Waals surface area contributed by atoms with Gasteiger partial charge in [-0.15, -0.1) is 0 Å². The van der Waals surface area contributed by atoms with Gasteiger partial charge in [-0.1, -0.05) is 6.58 Å². The number of rotatable bonds is 4. The molecule has 1 N–H and O–H groups in total. The SMILES string of the molecule is C=C(CC(=O)OC)C(=O)Nc1ccc(C(F)(F)F)cc1. The van der Waals surface area contributed by atoms with Crippen molar-refractivity contribution in [3.05, 3.63) is 42.0 Å². The van der Waals surface area contributed by atoms with Crippen molar-refractivity contribution in [3.63, 3.8) is 0 Å². The topological polar surface area (TPSA) is 55.4 Å². The van der Waals surface area contributed by atoms with E-state index in [9.17, 15) is 22.8 Å². The number of hydrogen-bond donors (Lipinski definition) is 1. The number of nitrogens with one attached hydrogen (secondary N) is 1. The Hall–Kier alpha value is -2.31. The number of alkyl halides is 3. The van der Waals surface area contributed by atoms with Gasteiger partial charge in [-0.3, -0.25) is 9.59 Å². The van der Waals surface area contributed by atoms with Crippen LogP contribution < -0.4 is 5.32 Å². The van der Waals surface area contributed by atoms with Crippen LogP contribution in [0.15, 0.2) is 36.4 Å². The summed E-state index contributed by atoms with van der Waals surface area (Å²) in [4.78, 5) is 22.6. The van der Waals surface area contributed by atoms with Crippen LogP contribution >= 0.6 is 0 Å². The first-order valence-corrected chi connectivity index (χ1v) is 5.47. The second-order valence-electron chi connectivity index (χ2n) is 3.89. The summed E-state index contributed by atoms with van der Waals surface area (Å²) in [5.74, 6) is -1.28. The molecule has 1 aromatic rings. The van der Waals surface area contributed by atoms with Gasteiger partial charge >= 0.3 is 12.1 Å². The van der Waals surface area contributed by atoms with Gasteiger partial charge < -0.3 is 10.1 Å². The maximum absolute atomic E-state index is 12.3. The molecule has 20 heavy (non-hydrogen) atoms. The molecule has 0 unspecified atom stereocenters. The maximum Gasteiger partial charge on any atom is 0.416 e. The fourth-order valence-corrected chi connectivity index (χ4v) is 1.29. The molecule has 0 spiro atoms. The molecular weight excluding hydrogens is 275 g/mol. The van der Waals surface area contributed by atoms with Crippen LogP contribution in [0.1, 0.15) is 12.0 Å². The monoisotopic (exact) mass is 287 g/mol. The maximum atomic E-state index is 12.3. The molecule has 0 saturated carbocycles. The average molecular weight is 287 g/mol. The molecule has 0 aliphatic heterocycles. The molecule has 1 aromatic carbocycles. The highest BCUT2D eigenvalue weighted by molar-refractivity contribution is 6.05. The third kappa shape index (κ3) is 4.42. The van der Waals surface area contributed by atoms with Gasteiger partial charge in [0.15, 0.2) is 0 Å². The number of anilines is 1. The van der Waals surface area contributed by atoms with Crippen molar-refractivity contribution in [2.45, 2.75) is 12.6 Å². The first-order chi connectivity index (χ1) is 9.24. The molecule has 0 aliphatic carbocycles. The first-order valence-electron chi connectivity index (χ1n) is 5.47. The quantitative estimate of drug-likeness (QED) is 0.684. The minimum atomic E-state index is -4.43. The van der Waals surface area contributed by atoms with Crippen LogP contribution in [0.5, 0.6) is 0 Å². The van der Waals surface area contributed by atoms with E-state index < -0.39 is 23.6 Å². The van der Waals surface area contributed by atoms with Crippen molar-refractivity contribution < 1.29 is 27.5 Å². The highest BCUT2D eigenvalue weighted by atomic mass is 19.4. The minimum absolute atomic E-state index is 0.0447. The van der Waals surface area contributed by atoms with Crippen molar-refractivity contribution in [2.75, 3.05) is 12.4 Å². The van der Waals surface area contributed by atoms with Crippen LogP contribution in [0.3, 0.4) is 0 Å². The second kappa shape index (κ2) is 6.23. The van der Waals surface area contributed by atoms with Crippen molar-refractivity contribution in [3.8, 4) is 0 Å². The lowest BCUT2D eigenvalue weighted by Gasteiger charge is -2.09. The number of halogens is 3. The van der Waals surface area contributed by atoms with E-state index in [2.05, 4.69) is 16.6 Å². The van der Waals surface area contributed by atoms with Crippen LogP contribution in [0.2, 0.25) is 0 Å². The van der Waals surface area contributed by atoms with Crippen molar-refractivity contribution in [1.29, 1.82) is 0 Å². The van der Waals surface area contributed by atoms with Gasteiger partial charge in [-0.25, -0.2) is 0 Å². The lowest BCUT2D eigenvalue weighted by atomic mass is 10.1. The van der Waals surface area contributed by atoms with Crippen molar-refractivity contribution >= 4 is 17.6 Å². The van der Waals surface area contributed by atoms with Gasteiger partial charge in [-0.05, 0) is 24.3 Å².